The fourth-order valence-corrected chi connectivity index (χ4v) is 1.99. The molecular formula is C13H21N3. The SMILES string of the molecule is CCCN(c1ccc([C@H](C)N)nc1)C1CC1. The number of rotatable bonds is 5. The van der Waals surface area contributed by atoms with Crippen LogP contribution in [0.5, 0.6) is 0 Å². The van der Waals surface area contributed by atoms with Gasteiger partial charge >= 0.3 is 0 Å². The second kappa shape index (κ2) is 4.83. The zero-order valence-electron chi connectivity index (χ0n) is 10.2. The predicted molar refractivity (Wildman–Crippen MR) is 67.5 cm³/mol. The van der Waals surface area contributed by atoms with Crippen LogP contribution in [-0.2, 0) is 0 Å². The number of hydrogen-bond donors (Lipinski definition) is 1. The average molecular weight is 219 g/mol. The number of aromatic nitrogens is 1. The van der Waals surface area contributed by atoms with Gasteiger partial charge in [0, 0.05) is 18.6 Å². The normalized spacial score (nSPS) is 17.2. The maximum absolute atomic E-state index is 5.79. The number of nitrogens with two attached hydrogens (primary N) is 1. The summed E-state index contributed by atoms with van der Waals surface area (Å²) >= 11 is 0. The molecule has 0 amide bonds. The maximum atomic E-state index is 5.79. The van der Waals surface area contributed by atoms with Crippen molar-refractivity contribution in [1.82, 2.24) is 4.98 Å². The minimum atomic E-state index is 0.0228. The van der Waals surface area contributed by atoms with E-state index in [0.29, 0.717) is 0 Å². The lowest BCUT2D eigenvalue weighted by Crippen LogP contribution is -2.26. The highest BCUT2D eigenvalue weighted by Gasteiger charge is 2.28. The molecule has 1 aliphatic carbocycles. The molecule has 0 unspecified atom stereocenters. The van der Waals surface area contributed by atoms with E-state index in [1.54, 1.807) is 0 Å². The van der Waals surface area contributed by atoms with Crippen LogP contribution in [-0.4, -0.2) is 17.6 Å². The van der Waals surface area contributed by atoms with Gasteiger partial charge in [-0.2, -0.15) is 0 Å². The molecule has 2 rings (SSSR count). The summed E-state index contributed by atoms with van der Waals surface area (Å²) in [4.78, 5) is 6.90. The van der Waals surface area contributed by atoms with Crippen LogP contribution in [0.25, 0.3) is 0 Å². The fraction of sp³-hybridized carbons (Fsp3) is 0.615. The minimum absolute atomic E-state index is 0.0228. The largest absolute Gasteiger partial charge is 0.367 e. The molecule has 1 atom stereocenters. The molecule has 1 aromatic rings. The molecule has 88 valence electrons. The molecule has 1 aliphatic rings. The van der Waals surface area contributed by atoms with E-state index in [0.717, 1.165) is 18.3 Å². The van der Waals surface area contributed by atoms with Crippen molar-refractivity contribution < 1.29 is 0 Å². The van der Waals surface area contributed by atoms with Crippen molar-refractivity contribution in [3.8, 4) is 0 Å². The number of anilines is 1. The third kappa shape index (κ3) is 2.53. The van der Waals surface area contributed by atoms with Gasteiger partial charge in [0.05, 0.1) is 17.6 Å². The number of pyridine rings is 1. The standard InChI is InChI=1S/C13H21N3/c1-3-8-16(11-4-5-11)12-6-7-13(10(2)14)15-9-12/h6-7,9-11H,3-5,8,14H2,1-2H3/t10-/m0/s1. The second-order valence-electron chi connectivity index (χ2n) is 4.65. The quantitative estimate of drug-likeness (QED) is 0.827. The van der Waals surface area contributed by atoms with Crippen LogP contribution < -0.4 is 10.6 Å². The summed E-state index contributed by atoms with van der Waals surface area (Å²) in [5.74, 6) is 0. The first-order valence-electron chi connectivity index (χ1n) is 6.20. The van der Waals surface area contributed by atoms with Crippen molar-refractivity contribution in [3.05, 3.63) is 24.0 Å². The Bertz CT molecular complexity index is 328. The smallest absolute Gasteiger partial charge is 0.0569 e. The van der Waals surface area contributed by atoms with Gasteiger partial charge in [-0.3, -0.25) is 4.98 Å². The van der Waals surface area contributed by atoms with Crippen LogP contribution in [0.4, 0.5) is 5.69 Å². The Labute approximate surface area is 97.7 Å². The van der Waals surface area contributed by atoms with Crippen molar-refractivity contribution in [1.29, 1.82) is 0 Å². The molecule has 1 heterocycles. The summed E-state index contributed by atoms with van der Waals surface area (Å²) in [5, 5.41) is 0. The van der Waals surface area contributed by atoms with Gasteiger partial charge in [0.2, 0.25) is 0 Å². The summed E-state index contributed by atoms with van der Waals surface area (Å²) in [5.41, 5.74) is 8.01. The summed E-state index contributed by atoms with van der Waals surface area (Å²) in [6.07, 6.45) is 5.81. The Morgan fingerprint density at radius 2 is 2.25 bits per heavy atom. The molecule has 3 nitrogen and oxygen atoms in total. The van der Waals surface area contributed by atoms with Crippen molar-refractivity contribution in [3.63, 3.8) is 0 Å². The molecule has 1 aromatic heterocycles. The van der Waals surface area contributed by atoms with Crippen LogP contribution in [0.15, 0.2) is 18.3 Å². The van der Waals surface area contributed by atoms with E-state index in [-0.39, 0.29) is 6.04 Å². The van der Waals surface area contributed by atoms with Crippen molar-refractivity contribution in [2.45, 2.75) is 45.2 Å². The molecule has 2 N–H and O–H groups in total. The van der Waals surface area contributed by atoms with Gasteiger partial charge in [-0.25, -0.2) is 0 Å². The molecule has 1 saturated carbocycles. The first-order valence-corrected chi connectivity index (χ1v) is 6.20. The maximum Gasteiger partial charge on any atom is 0.0569 e. The van der Waals surface area contributed by atoms with Gasteiger partial charge in [-0.1, -0.05) is 6.92 Å². The molecule has 0 saturated heterocycles. The van der Waals surface area contributed by atoms with Crippen LogP contribution in [0.3, 0.4) is 0 Å². The van der Waals surface area contributed by atoms with Gasteiger partial charge in [0.25, 0.3) is 0 Å². The van der Waals surface area contributed by atoms with Crippen LogP contribution in [0.2, 0.25) is 0 Å². The minimum Gasteiger partial charge on any atom is -0.367 e. The van der Waals surface area contributed by atoms with E-state index in [1.165, 1.54) is 24.9 Å². The highest BCUT2D eigenvalue weighted by Crippen LogP contribution is 2.31. The molecule has 0 aliphatic heterocycles. The third-order valence-electron chi connectivity index (χ3n) is 3.02. The molecule has 0 aromatic carbocycles. The Morgan fingerprint density at radius 1 is 1.50 bits per heavy atom. The number of hydrogen-bond acceptors (Lipinski definition) is 3. The van der Waals surface area contributed by atoms with Gasteiger partial charge < -0.3 is 10.6 Å². The van der Waals surface area contributed by atoms with E-state index < -0.39 is 0 Å². The van der Waals surface area contributed by atoms with E-state index in [2.05, 4.69) is 22.9 Å². The molecule has 16 heavy (non-hydrogen) atoms. The average Bonchev–Trinajstić information content (AvgIpc) is 3.10. The van der Waals surface area contributed by atoms with E-state index in [9.17, 15) is 0 Å². The van der Waals surface area contributed by atoms with Crippen molar-refractivity contribution in [2.75, 3.05) is 11.4 Å². The lowest BCUT2D eigenvalue weighted by molar-refractivity contribution is 0.751. The lowest BCUT2D eigenvalue weighted by atomic mass is 10.2. The van der Waals surface area contributed by atoms with E-state index >= 15 is 0 Å². The fourth-order valence-electron chi connectivity index (χ4n) is 1.99. The zero-order chi connectivity index (χ0) is 11.5. The molecule has 0 bridgehead atoms. The monoisotopic (exact) mass is 219 g/mol. The van der Waals surface area contributed by atoms with Gasteiger partial charge in [0.15, 0.2) is 0 Å². The summed E-state index contributed by atoms with van der Waals surface area (Å²) in [6.45, 7) is 5.32. The highest BCUT2D eigenvalue weighted by molar-refractivity contribution is 5.47. The Hall–Kier alpha value is -1.09. The molecule has 1 fully saturated rings. The number of nitrogens with zero attached hydrogens (tertiary/aromatic N) is 2. The van der Waals surface area contributed by atoms with Gasteiger partial charge in [-0.05, 0) is 38.3 Å². The van der Waals surface area contributed by atoms with Crippen molar-refractivity contribution >= 4 is 5.69 Å². The molecular weight excluding hydrogens is 198 g/mol. The Balaban J connectivity index is 2.11. The Morgan fingerprint density at radius 3 is 2.69 bits per heavy atom. The molecule has 3 heteroatoms. The topological polar surface area (TPSA) is 42.1 Å². The summed E-state index contributed by atoms with van der Waals surface area (Å²) in [7, 11) is 0. The molecule has 0 spiro atoms. The predicted octanol–water partition coefficient (Wildman–Crippen LogP) is 2.48. The lowest BCUT2D eigenvalue weighted by Gasteiger charge is -2.24. The van der Waals surface area contributed by atoms with E-state index in [1.807, 2.05) is 19.2 Å². The first kappa shape index (κ1) is 11.4. The zero-order valence-corrected chi connectivity index (χ0v) is 10.2. The van der Waals surface area contributed by atoms with Crippen LogP contribution in [0.1, 0.15) is 44.8 Å². The summed E-state index contributed by atoms with van der Waals surface area (Å²) < 4.78 is 0. The summed E-state index contributed by atoms with van der Waals surface area (Å²) in [6, 6.07) is 4.97. The van der Waals surface area contributed by atoms with Crippen LogP contribution in [0, 0.1) is 0 Å². The van der Waals surface area contributed by atoms with E-state index in [4.69, 9.17) is 5.73 Å². The second-order valence-corrected chi connectivity index (χ2v) is 4.65. The third-order valence-corrected chi connectivity index (χ3v) is 3.02. The molecule has 0 radical (unpaired) electrons. The van der Waals surface area contributed by atoms with Gasteiger partial charge in [-0.15, -0.1) is 0 Å². The first-order chi connectivity index (χ1) is 7.72. The highest BCUT2D eigenvalue weighted by atomic mass is 15.2. The van der Waals surface area contributed by atoms with Crippen LogP contribution >= 0.6 is 0 Å². The van der Waals surface area contributed by atoms with Crippen molar-refractivity contribution in [2.24, 2.45) is 5.73 Å². The van der Waals surface area contributed by atoms with Gasteiger partial charge in [0.1, 0.15) is 0 Å². The Kier molecular flexibility index (Phi) is 3.44.